The van der Waals surface area contributed by atoms with Gasteiger partial charge in [0.2, 0.25) is 5.88 Å². The Balaban J connectivity index is 2.61. The molecule has 0 aliphatic carbocycles. The topological polar surface area (TPSA) is 94.6 Å². The van der Waals surface area contributed by atoms with E-state index in [9.17, 15) is 10.1 Å². The third-order valence-electron chi connectivity index (χ3n) is 4.37. The fraction of sp³-hybridized carbons (Fsp3) is 0.429. The first kappa shape index (κ1) is 20.4. The van der Waals surface area contributed by atoms with E-state index < -0.39 is 11.9 Å². The molecule has 0 saturated carbocycles. The Morgan fingerprint density at radius 3 is 2.41 bits per heavy atom. The number of carbonyl (C=O) groups is 1. The van der Waals surface area contributed by atoms with Crippen LogP contribution in [0.5, 0.6) is 5.75 Å². The summed E-state index contributed by atoms with van der Waals surface area (Å²) in [5.74, 6) is 0.0232. The number of nitrogens with two attached hydrogens (primary N) is 1. The highest BCUT2D eigenvalue weighted by Crippen LogP contribution is 2.41. The molecule has 144 valence electrons. The molecule has 0 fully saturated rings. The zero-order valence-electron chi connectivity index (χ0n) is 16.5. The molecule has 2 rings (SSSR count). The Morgan fingerprint density at radius 2 is 1.89 bits per heavy atom. The molecular weight excluding hydrogens is 344 g/mol. The number of hydrogen-bond donors (Lipinski definition) is 1. The summed E-state index contributed by atoms with van der Waals surface area (Å²) in [6.45, 7) is 10.2. The van der Waals surface area contributed by atoms with Gasteiger partial charge in [-0.25, -0.2) is 4.79 Å². The van der Waals surface area contributed by atoms with Gasteiger partial charge in [-0.3, -0.25) is 0 Å². The Morgan fingerprint density at radius 1 is 1.26 bits per heavy atom. The van der Waals surface area contributed by atoms with Crippen LogP contribution in [0.4, 0.5) is 0 Å². The van der Waals surface area contributed by atoms with Crippen LogP contribution in [0.25, 0.3) is 0 Å². The first-order valence-electron chi connectivity index (χ1n) is 9.05. The molecule has 0 saturated heterocycles. The lowest BCUT2D eigenvalue weighted by Crippen LogP contribution is -2.25. The van der Waals surface area contributed by atoms with Crippen LogP contribution in [0.1, 0.15) is 49.8 Å². The number of carbonyl (C=O) groups excluding carboxylic acids is 1. The quantitative estimate of drug-likeness (QED) is 0.767. The Hall–Kier alpha value is -2.94. The van der Waals surface area contributed by atoms with Crippen molar-refractivity contribution in [2.45, 2.75) is 47.0 Å². The summed E-state index contributed by atoms with van der Waals surface area (Å²) in [7, 11) is 0. The molecule has 2 N–H and O–H groups in total. The summed E-state index contributed by atoms with van der Waals surface area (Å²) in [4.78, 5) is 12.6. The number of nitrogens with zero attached hydrogens (tertiary/aromatic N) is 1. The van der Waals surface area contributed by atoms with Crippen molar-refractivity contribution in [3.05, 3.63) is 51.6 Å². The lowest BCUT2D eigenvalue weighted by Gasteiger charge is -2.27. The van der Waals surface area contributed by atoms with Crippen molar-refractivity contribution in [2.24, 2.45) is 5.73 Å². The number of benzene rings is 1. The molecule has 27 heavy (non-hydrogen) atoms. The average molecular weight is 370 g/mol. The summed E-state index contributed by atoms with van der Waals surface area (Å²) in [6.07, 6.45) is 0.910. The maximum absolute atomic E-state index is 12.6. The first-order valence-corrected chi connectivity index (χ1v) is 9.05. The van der Waals surface area contributed by atoms with E-state index >= 15 is 0 Å². The maximum atomic E-state index is 12.6. The molecule has 1 heterocycles. The molecule has 1 unspecified atom stereocenters. The highest BCUT2D eigenvalue weighted by molar-refractivity contribution is 5.92. The van der Waals surface area contributed by atoms with E-state index in [1.165, 1.54) is 0 Å². The first-order chi connectivity index (χ1) is 12.8. The SMILES string of the molecule is CCCOc1c(C)cc(C2C(C#N)=C(N)OC(C)=C2C(=O)OCC)cc1C. The van der Waals surface area contributed by atoms with Crippen molar-refractivity contribution in [3.8, 4) is 11.8 Å². The molecule has 0 spiro atoms. The lowest BCUT2D eigenvalue weighted by atomic mass is 9.82. The minimum atomic E-state index is -0.638. The highest BCUT2D eigenvalue weighted by Gasteiger charge is 2.36. The van der Waals surface area contributed by atoms with Crippen molar-refractivity contribution in [1.29, 1.82) is 5.26 Å². The normalized spacial score (nSPS) is 16.7. The van der Waals surface area contributed by atoms with Gasteiger partial charge in [0, 0.05) is 0 Å². The fourth-order valence-electron chi connectivity index (χ4n) is 3.27. The Kier molecular flexibility index (Phi) is 6.51. The molecule has 6 nitrogen and oxygen atoms in total. The molecule has 1 aliphatic rings. The van der Waals surface area contributed by atoms with Crippen molar-refractivity contribution >= 4 is 5.97 Å². The minimum absolute atomic E-state index is 0.00895. The lowest BCUT2D eigenvalue weighted by molar-refractivity contribution is -0.139. The predicted molar refractivity (Wildman–Crippen MR) is 102 cm³/mol. The van der Waals surface area contributed by atoms with Crippen molar-refractivity contribution < 1.29 is 19.0 Å². The van der Waals surface area contributed by atoms with E-state index in [4.69, 9.17) is 19.9 Å². The molecule has 1 atom stereocenters. The van der Waals surface area contributed by atoms with E-state index in [0.717, 1.165) is 28.9 Å². The molecule has 0 radical (unpaired) electrons. The third kappa shape index (κ3) is 4.08. The van der Waals surface area contributed by atoms with Gasteiger partial charge < -0.3 is 19.9 Å². The number of rotatable bonds is 6. The van der Waals surface area contributed by atoms with Gasteiger partial charge in [-0.05, 0) is 50.8 Å². The van der Waals surface area contributed by atoms with Crippen LogP contribution in [0.15, 0.2) is 34.9 Å². The second-order valence-electron chi connectivity index (χ2n) is 6.45. The summed E-state index contributed by atoms with van der Waals surface area (Å²) < 4.78 is 16.5. The molecule has 1 aliphatic heterocycles. The largest absolute Gasteiger partial charge is 0.493 e. The zero-order valence-corrected chi connectivity index (χ0v) is 16.5. The van der Waals surface area contributed by atoms with Crippen molar-refractivity contribution in [1.82, 2.24) is 0 Å². The van der Waals surface area contributed by atoms with Gasteiger partial charge in [0.05, 0.1) is 24.7 Å². The monoisotopic (exact) mass is 370 g/mol. The van der Waals surface area contributed by atoms with E-state index in [1.807, 2.05) is 32.9 Å². The smallest absolute Gasteiger partial charge is 0.338 e. The maximum Gasteiger partial charge on any atom is 0.338 e. The predicted octanol–water partition coefficient (Wildman–Crippen LogP) is 3.74. The van der Waals surface area contributed by atoms with Gasteiger partial charge in [0.1, 0.15) is 23.2 Å². The number of allylic oxidation sites excluding steroid dienone is 2. The fourth-order valence-corrected chi connectivity index (χ4v) is 3.27. The summed E-state index contributed by atoms with van der Waals surface area (Å²) in [5, 5.41) is 9.65. The summed E-state index contributed by atoms with van der Waals surface area (Å²) in [6, 6.07) is 5.94. The van der Waals surface area contributed by atoms with Gasteiger partial charge in [-0.1, -0.05) is 19.1 Å². The van der Waals surface area contributed by atoms with Crippen LogP contribution < -0.4 is 10.5 Å². The number of nitriles is 1. The molecule has 0 aromatic heterocycles. The van der Waals surface area contributed by atoms with E-state index in [0.29, 0.717) is 17.9 Å². The molecule has 6 heteroatoms. The molecule has 1 aromatic carbocycles. The third-order valence-corrected chi connectivity index (χ3v) is 4.37. The van der Waals surface area contributed by atoms with E-state index in [1.54, 1.807) is 13.8 Å². The van der Waals surface area contributed by atoms with Crippen LogP contribution in [0.2, 0.25) is 0 Å². The highest BCUT2D eigenvalue weighted by atomic mass is 16.5. The van der Waals surface area contributed by atoms with Crippen LogP contribution in [-0.2, 0) is 14.3 Å². The number of ether oxygens (including phenoxy) is 3. The average Bonchev–Trinajstić information content (AvgIpc) is 2.60. The second-order valence-corrected chi connectivity index (χ2v) is 6.45. The summed E-state index contributed by atoms with van der Waals surface area (Å²) in [5.41, 5.74) is 9.07. The summed E-state index contributed by atoms with van der Waals surface area (Å²) >= 11 is 0. The minimum Gasteiger partial charge on any atom is -0.493 e. The standard InChI is InChI=1S/C21H26N2O4/c1-6-8-26-19-12(3)9-15(10-13(19)4)18-16(11-22)20(23)27-14(5)17(18)21(24)25-7-2/h9-10,18H,6-8,23H2,1-5H3. The molecule has 0 bridgehead atoms. The van der Waals surface area contributed by atoms with E-state index in [2.05, 4.69) is 6.07 Å². The second kappa shape index (κ2) is 8.63. The number of esters is 1. The van der Waals surface area contributed by atoms with Crippen molar-refractivity contribution in [2.75, 3.05) is 13.2 Å². The van der Waals surface area contributed by atoms with Crippen LogP contribution in [0, 0.1) is 25.2 Å². The molecule has 1 aromatic rings. The van der Waals surface area contributed by atoms with Crippen LogP contribution >= 0.6 is 0 Å². The molecule has 0 amide bonds. The number of hydrogen-bond acceptors (Lipinski definition) is 6. The zero-order chi connectivity index (χ0) is 20.1. The van der Waals surface area contributed by atoms with Crippen LogP contribution in [-0.4, -0.2) is 19.2 Å². The van der Waals surface area contributed by atoms with Gasteiger partial charge in [0.25, 0.3) is 0 Å². The van der Waals surface area contributed by atoms with E-state index in [-0.39, 0.29) is 18.1 Å². The van der Waals surface area contributed by atoms with Crippen LogP contribution in [0.3, 0.4) is 0 Å². The Bertz CT molecular complexity index is 823. The Labute approximate surface area is 160 Å². The van der Waals surface area contributed by atoms with Gasteiger partial charge >= 0.3 is 5.97 Å². The van der Waals surface area contributed by atoms with Gasteiger partial charge in [0.15, 0.2) is 0 Å². The van der Waals surface area contributed by atoms with Crippen molar-refractivity contribution in [3.63, 3.8) is 0 Å². The van der Waals surface area contributed by atoms with Gasteiger partial charge in [-0.15, -0.1) is 0 Å². The molecular formula is C21H26N2O4. The number of aryl methyl sites for hydroxylation is 2. The van der Waals surface area contributed by atoms with Gasteiger partial charge in [-0.2, -0.15) is 5.26 Å².